The van der Waals surface area contributed by atoms with Gasteiger partial charge < -0.3 is 15.0 Å². The highest BCUT2D eigenvalue weighted by molar-refractivity contribution is 5.95. The number of rotatable bonds is 7. The van der Waals surface area contributed by atoms with Crippen molar-refractivity contribution in [2.24, 2.45) is 5.92 Å². The van der Waals surface area contributed by atoms with E-state index < -0.39 is 0 Å². The largest absolute Gasteiger partial charge is 0.383 e. The molecule has 1 aliphatic heterocycles. The molecule has 1 aliphatic rings. The van der Waals surface area contributed by atoms with E-state index in [1.54, 1.807) is 7.11 Å². The Balaban J connectivity index is 1.81. The predicted molar refractivity (Wildman–Crippen MR) is 115 cm³/mol. The molecule has 1 N–H and O–H groups in total. The van der Waals surface area contributed by atoms with Gasteiger partial charge in [-0.05, 0) is 39.3 Å². The second-order valence-electron chi connectivity index (χ2n) is 8.90. The monoisotopic (exact) mass is 412 g/mol. The lowest BCUT2D eigenvalue weighted by molar-refractivity contribution is -0.133. The molecule has 0 unspecified atom stereocenters. The number of carbonyl (C=O) groups is 2. The van der Waals surface area contributed by atoms with E-state index in [0.717, 1.165) is 11.1 Å². The maximum absolute atomic E-state index is 12.9. The van der Waals surface area contributed by atoms with Crippen LogP contribution < -0.4 is 5.32 Å². The fourth-order valence-corrected chi connectivity index (χ4v) is 4.18. The standard InChI is InChI=1S/C23H32N4O3/c1-16-8-6-7-9-19(16)22(29)24-13-17-12-20(28)27(23(2,3)4)21(17)18-14-25-26(15-18)10-11-30-5/h6-9,14-15,17,21H,10-13H2,1-5H3,(H,24,29)/t17-,21+/m0/s1. The summed E-state index contributed by atoms with van der Waals surface area (Å²) in [6.45, 7) is 9.71. The molecule has 0 spiro atoms. The van der Waals surface area contributed by atoms with Crippen LogP contribution >= 0.6 is 0 Å². The van der Waals surface area contributed by atoms with Crippen molar-refractivity contribution < 1.29 is 14.3 Å². The third-order valence-corrected chi connectivity index (χ3v) is 5.59. The van der Waals surface area contributed by atoms with Crippen molar-refractivity contribution in [2.75, 3.05) is 20.3 Å². The molecule has 162 valence electrons. The minimum atomic E-state index is -0.328. The van der Waals surface area contributed by atoms with Crippen LogP contribution in [-0.2, 0) is 16.1 Å². The number of likely N-dealkylation sites (tertiary alicyclic amines) is 1. The summed E-state index contributed by atoms with van der Waals surface area (Å²) in [6, 6.07) is 7.39. The van der Waals surface area contributed by atoms with Crippen molar-refractivity contribution in [3.05, 3.63) is 53.3 Å². The van der Waals surface area contributed by atoms with E-state index in [-0.39, 0.29) is 29.3 Å². The van der Waals surface area contributed by atoms with Crippen molar-refractivity contribution >= 4 is 11.8 Å². The topological polar surface area (TPSA) is 76.5 Å². The molecule has 1 saturated heterocycles. The van der Waals surface area contributed by atoms with E-state index in [1.165, 1.54) is 0 Å². The Morgan fingerprint density at radius 1 is 1.30 bits per heavy atom. The number of aryl methyl sites for hydroxylation is 1. The molecule has 2 atom stereocenters. The van der Waals surface area contributed by atoms with Crippen molar-refractivity contribution in [1.29, 1.82) is 0 Å². The van der Waals surface area contributed by atoms with Gasteiger partial charge in [-0.1, -0.05) is 18.2 Å². The maximum Gasteiger partial charge on any atom is 0.251 e. The number of carbonyl (C=O) groups excluding carboxylic acids is 2. The van der Waals surface area contributed by atoms with Crippen LogP contribution in [0.4, 0.5) is 0 Å². The number of amides is 2. The zero-order valence-corrected chi connectivity index (χ0v) is 18.5. The minimum Gasteiger partial charge on any atom is -0.383 e. The van der Waals surface area contributed by atoms with Gasteiger partial charge in [0.2, 0.25) is 5.91 Å². The smallest absolute Gasteiger partial charge is 0.251 e. The molecule has 1 fully saturated rings. The summed E-state index contributed by atoms with van der Waals surface area (Å²) in [7, 11) is 1.66. The molecule has 0 aliphatic carbocycles. The normalized spacial score (nSPS) is 19.4. The first-order valence-electron chi connectivity index (χ1n) is 10.4. The molecule has 1 aromatic carbocycles. The van der Waals surface area contributed by atoms with Gasteiger partial charge in [-0.2, -0.15) is 5.10 Å². The average molecular weight is 413 g/mol. The lowest BCUT2D eigenvalue weighted by atomic mass is 9.93. The number of nitrogens with zero attached hydrogens (tertiary/aromatic N) is 3. The molecule has 2 heterocycles. The van der Waals surface area contributed by atoms with Gasteiger partial charge in [0.25, 0.3) is 5.91 Å². The first-order valence-corrected chi connectivity index (χ1v) is 10.4. The highest BCUT2D eigenvalue weighted by Crippen LogP contribution is 2.42. The van der Waals surface area contributed by atoms with Crippen LogP contribution in [0.1, 0.15) is 54.7 Å². The van der Waals surface area contributed by atoms with E-state index in [2.05, 4.69) is 10.4 Å². The van der Waals surface area contributed by atoms with Crippen molar-refractivity contribution in [3.63, 3.8) is 0 Å². The molecule has 7 heteroatoms. The van der Waals surface area contributed by atoms with Crippen LogP contribution in [0.15, 0.2) is 36.7 Å². The van der Waals surface area contributed by atoms with E-state index in [9.17, 15) is 9.59 Å². The van der Waals surface area contributed by atoms with Gasteiger partial charge in [0.1, 0.15) is 0 Å². The Morgan fingerprint density at radius 2 is 2.03 bits per heavy atom. The third-order valence-electron chi connectivity index (χ3n) is 5.59. The molecule has 0 saturated carbocycles. The lowest BCUT2D eigenvalue weighted by Gasteiger charge is -2.38. The number of hydrogen-bond acceptors (Lipinski definition) is 4. The van der Waals surface area contributed by atoms with E-state index in [0.29, 0.717) is 31.7 Å². The number of hydrogen-bond donors (Lipinski definition) is 1. The fraction of sp³-hybridized carbons (Fsp3) is 0.522. The zero-order chi connectivity index (χ0) is 21.9. The SMILES string of the molecule is COCCn1cc([C@H]2[C@H](CNC(=O)c3ccccc3C)CC(=O)N2C(C)(C)C)cn1. The summed E-state index contributed by atoms with van der Waals surface area (Å²) in [5.41, 5.74) is 2.26. The summed E-state index contributed by atoms with van der Waals surface area (Å²) in [5, 5.41) is 7.49. The van der Waals surface area contributed by atoms with Gasteiger partial charge in [0.05, 0.1) is 25.4 Å². The molecular formula is C23H32N4O3. The summed E-state index contributed by atoms with van der Waals surface area (Å²) in [4.78, 5) is 27.6. The van der Waals surface area contributed by atoms with Crippen LogP contribution in [0.25, 0.3) is 0 Å². The van der Waals surface area contributed by atoms with Crippen LogP contribution in [-0.4, -0.2) is 52.3 Å². The molecule has 0 radical (unpaired) electrons. The maximum atomic E-state index is 12.9. The predicted octanol–water partition coefficient (Wildman–Crippen LogP) is 2.96. The lowest BCUT2D eigenvalue weighted by Crippen LogP contribution is -2.44. The summed E-state index contributed by atoms with van der Waals surface area (Å²) in [5.74, 6) is -0.0265. The van der Waals surface area contributed by atoms with Crippen molar-refractivity contribution in [3.8, 4) is 0 Å². The number of nitrogens with one attached hydrogen (secondary N) is 1. The van der Waals surface area contributed by atoms with Gasteiger partial charge in [0, 0.05) is 48.9 Å². The molecule has 0 bridgehead atoms. The average Bonchev–Trinajstić information content (AvgIpc) is 3.28. The van der Waals surface area contributed by atoms with Gasteiger partial charge >= 0.3 is 0 Å². The van der Waals surface area contributed by atoms with Gasteiger partial charge in [-0.15, -0.1) is 0 Å². The number of methoxy groups -OCH3 is 1. The first kappa shape index (κ1) is 22.0. The molecular weight excluding hydrogens is 380 g/mol. The van der Waals surface area contributed by atoms with Gasteiger partial charge in [-0.25, -0.2) is 0 Å². The van der Waals surface area contributed by atoms with Crippen LogP contribution in [0.5, 0.6) is 0 Å². The molecule has 2 amide bonds. The molecule has 3 rings (SSSR count). The molecule has 30 heavy (non-hydrogen) atoms. The van der Waals surface area contributed by atoms with Gasteiger partial charge in [-0.3, -0.25) is 14.3 Å². The van der Waals surface area contributed by atoms with E-state index in [4.69, 9.17) is 4.74 Å². The number of ether oxygens (including phenoxy) is 1. The molecule has 2 aromatic rings. The van der Waals surface area contributed by atoms with E-state index >= 15 is 0 Å². The highest BCUT2D eigenvalue weighted by Gasteiger charge is 2.45. The Hall–Kier alpha value is -2.67. The Labute approximate surface area is 178 Å². The highest BCUT2D eigenvalue weighted by atomic mass is 16.5. The zero-order valence-electron chi connectivity index (χ0n) is 18.5. The third kappa shape index (κ3) is 4.73. The molecule has 7 nitrogen and oxygen atoms in total. The number of aromatic nitrogens is 2. The second-order valence-corrected chi connectivity index (χ2v) is 8.90. The summed E-state index contributed by atoms with van der Waals surface area (Å²) in [6.07, 6.45) is 4.21. The van der Waals surface area contributed by atoms with Crippen molar-refractivity contribution in [1.82, 2.24) is 20.0 Å². The van der Waals surface area contributed by atoms with Crippen LogP contribution in [0, 0.1) is 12.8 Å². The number of benzene rings is 1. The van der Waals surface area contributed by atoms with Crippen LogP contribution in [0.2, 0.25) is 0 Å². The quantitative estimate of drug-likeness (QED) is 0.759. The van der Waals surface area contributed by atoms with E-state index in [1.807, 2.05) is 73.9 Å². The summed E-state index contributed by atoms with van der Waals surface area (Å²) < 4.78 is 6.98. The van der Waals surface area contributed by atoms with Crippen molar-refractivity contribution in [2.45, 2.75) is 52.2 Å². The minimum absolute atomic E-state index is 0.0234. The summed E-state index contributed by atoms with van der Waals surface area (Å²) >= 11 is 0. The van der Waals surface area contributed by atoms with Gasteiger partial charge in [0.15, 0.2) is 0 Å². The Kier molecular flexibility index (Phi) is 6.61. The first-order chi connectivity index (χ1) is 14.2. The van der Waals surface area contributed by atoms with Crippen LogP contribution in [0.3, 0.4) is 0 Å². The molecule has 1 aromatic heterocycles. The Morgan fingerprint density at radius 3 is 2.70 bits per heavy atom. The Bertz CT molecular complexity index is 900. The second kappa shape index (κ2) is 9.00. The fourth-order valence-electron chi connectivity index (χ4n) is 4.18.